The highest BCUT2D eigenvalue weighted by Crippen LogP contribution is 2.44. The Bertz CT molecular complexity index is 1430. The third-order valence-electron chi connectivity index (χ3n) is 7.68. The van der Waals surface area contributed by atoms with Gasteiger partial charge in [-0.05, 0) is 54.9 Å². The van der Waals surface area contributed by atoms with Crippen LogP contribution in [0.5, 0.6) is 5.75 Å². The molecule has 0 bridgehead atoms. The van der Waals surface area contributed by atoms with Crippen LogP contribution in [0.2, 0.25) is 0 Å². The molecule has 2 aromatic carbocycles. The van der Waals surface area contributed by atoms with Crippen molar-refractivity contribution in [2.45, 2.75) is 44.6 Å². The van der Waals surface area contributed by atoms with E-state index in [9.17, 15) is 4.79 Å². The molecule has 3 heterocycles. The minimum Gasteiger partial charge on any atom is -0.489 e. The molecule has 0 radical (unpaired) electrons. The molecule has 2 fully saturated rings. The van der Waals surface area contributed by atoms with Gasteiger partial charge in [0.05, 0.1) is 5.39 Å². The average molecular weight is 513 g/mol. The SMILES string of the molecule is NC(=O)O[C@H]1CCCN1C[C@H]1C[C@H](n2cc(-c3cccc(OCc4ccccc4)c3)c3c(N)ncnc32)C1. The van der Waals surface area contributed by atoms with Gasteiger partial charge in [0, 0.05) is 30.9 Å². The molecule has 1 atom stereocenters. The van der Waals surface area contributed by atoms with Crippen molar-refractivity contribution in [2.75, 3.05) is 18.8 Å². The molecule has 1 aliphatic heterocycles. The molecule has 1 saturated carbocycles. The monoisotopic (exact) mass is 512 g/mol. The molecule has 2 aliphatic rings. The van der Waals surface area contributed by atoms with Gasteiger partial charge in [0.1, 0.15) is 30.1 Å². The van der Waals surface area contributed by atoms with E-state index in [1.54, 1.807) is 0 Å². The van der Waals surface area contributed by atoms with Gasteiger partial charge in [0.25, 0.3) is 0 Å². The fourth-order valence-corrected chi connectivity index (χ4v) is 5.78. The molecule has 0 unspecified atom stereocenters. The number of primary amides is 1. The van der Waals surface area contributed by atoms with Gasteiger partial charge in [-0.2, -0.15) is 0 Å². The Morgan fingerprint density at radius 2 is 1.92 bits per heavy atom. The van der Waals surface area contributed by atoms with E-state index >= 15 is 0 Å². The lowest BCUT2D eigenvalue weighted by Gasteiger charge is -2.39. The van der Waals surface area contributed by atoms with Crippen molar-refractivity contribution >= 4 is 22.9 Å². The Hall–Kier alpha value is -4.11. The van der Waals surface area contributed by atoms with Crippen molar-refractivity contribution in [2.24, 2.45) is 11.7 Å². The second kappa shape index (κ2) is 10.3. The number of benzene rings is 2. The minimum absolute atomic E-state index is 0.200. The maximum atomic E-state index is 11.2. The van der Waals surface area contributed by atoms with Gasteiger partial charge in [0.2, 0.25) is 0 Å². The van der Waals surface area contributed by atoms with E-state index in [2.05, 4.69) is 43.8 Å². The van der Waals surface area contributed by atoms with E-state index in [0.717, 1.165) is 72.2 Å². The maximum Gasteiger partial charge on any atom is 0.406 e. The van der Waals surface area contributed by atoms with Crippen molar-refractivity contribution in [1.82, 2.24) is 19.4 Å². The van der Waals surface area contributed by atoms with Gasteiger partial charge in [-0.1, -0.05) is 42.5 Å². The third-order valence-corrected chi connectivity index (χ3v) is 7.68. The lowest BCUT2D eigenvalue weighted by Crippen LogP contribution is -2.41. The quantitative estimate of drug-likeness (QED) is 0.350. The number of hydrogen-bond acceptors (Lipinski definition) is 7. The molecule has 2 aromatic heterocycles. The number of fused-ring (bicyclic) bond motifs is 1. The van der Waals surface area contributed by atoms with Crippen LogP contribution in [0.4, 0.5) is 10.6 Å². The van der Waals surface area contributed by atoms with Crippen molar-refractivity contribution in [3.63, 3.8) is 0 Å². The highest BCUT2D eigenvalue weighted by Gasteiger charge is 2.37. The Morgan fingerprint density at radius 3 is 2.74 bits per heavy atom. The van der Waals surface area contributed by atoms with Crippen LogP contribution >= 0.6 is 0 Å². The fourth-order valence-electron chi connectivity index (χ4n) is 5.78. The smallest absolute Gasteiger partial charge is 0.406 e. The molecule has 6 rings (SSSR count). The summed E-state index contributed by atoms with van der Waals surface area (Å²) in [6.07, 6.45) is 6.69. The topological polar surface area (TPSA) is 122 Å². The predicted molar refractivity (Wildman–Crippen MR) is 145 cm³/mol. The largest absolute Gasteiger partial charge is 0.489 e. The summed E-state index contributed by atoms with van der Waals surface area (Å²) in [6, 6.07) is 18.5. The van der Waals surface area contributed by atoms with E-state index in [1.807, 2.05) is 36.4 Å². The van der Waals surface area contributed by atoms with Crippen molar-refractivity contribution < 1.29 is 14.3 Å². The summed E-state index contributed by atoms with van der Waals surface area (Å²) < 4.78 is 13.6. The van der Waals surface area contributed by atoms with E-state index in [4.69, 9.17) is 20.9 Å². The first-order valence-electron chi connectivity index (χ1n) is 13.1. The summed E-state index contributed by atoms with van der Waals surface area (Å²) in [6.45, 7) is 2.34. The summed E-state index contributed by atoms with van der Waals surface area (Å²) in [5.41, 5.74) is 15.6. The fraction of sp³-hybridized carbons (Fsp3) is 0.345. The number of nitrogens with two attached hydrogens (primary N) is 2. The lowest BCUT2D eigenvalue weighted by atomic mass is 9.79. The Balaban J connectivity index is 1.20. The van der Waals surface area contributed by atoms with E-state index in [-0.39, 0.29) is 6.23 Å². The van der Waals surface area contributed by atoms with Crippen LogP contribution in [0.15, 0.2) is 67.1 Å². The first-order chi connectivity index (χ1) is 18.5. The Labute approximate surface area is 221 Å². The van der Waals surface area contributed by atoms with Crippen molar-refractivity contribution in [3.8, 4) is 16.9 Å². The highest BCUT2D eigenvalue weighted by atomic mass is 16.6. The second-order valence-electron chi connectivity index (χ2n) is 10.2. The van der Waals surface area contributed by atoms with Crippen LogP contribution in [0.1, 0.15) is 37.3 Å². The average Bonchev–Trinajstić information content (AvgIpc) is 3.50. The number of anilines is 1. The highest BCUT2D eigenvalue weighted by molar-refractivity contribution is 6.00. The van der Waals surface area contributed by atoms with Crippen LogP contribution in [0, 0.1) is 5.92 Å². The van der Waals surface area contributed by atoms with Gasteiger partial charge < -0.3 is 25.5 Å². The maximum absolute atomic E-state index is 11.2. The van der Waals surface area contributed by atoms with E-state index in [1.165, 1.54) is 6.33 Å². The van der Waals surface area contributed by atoms with Gasteiger partial charge in [-0.15, -0.1) is 0 Å². The molecule has 1 aliphatic carbocycles. The number of aromatic nitrogens is 3. The Morgan fingerprint density at radius 1 is 1.08 bits per heavy atom. The first kappa shape index (κ1) is 24.2. The van der Waals surface area contributed by atoms with Crippen LogP contribution in [0.25, 0.3) is 22.2 Å². The first-order valence-corrected chi connectivity index (χ1v) is 13.1. The van der Waals surface area contributed by atoms with Gasteiger partial charge in [-0.3, -0.25) is 4.90 Å². The number of likely N-dealkylation sites (tertiary alicyclic amines) is 1. The standard InChI is InChI=1S/C29H32N6O3/c30-27-26-24(21-8-4-9-23(14-21)37-17-19-6-2-1-3-7-19)16-35(28(26)33-18-32-27)22-12-20(13-22)15-34-11-5-10-25(34)38-29(31)36/h1-4,6-9,14,16,18,20,22,25H,5,10-13,15,17H2,(H2,31,36)(H2,30,32,33)/t20-,22-,25-/m0/s1. The molecule has 38 heavy (non-hydrogen) atoms. The molecular formula is C29H32N6O3. The minimum atomic E-state index is -0.702. The van der Waals surface area contributed by atoms with Crippen molar-refractivity contribution in [1.29, 1.82) is 0 Å². The van der Waals surface area contributed by atoms with Crippen LogP contribution in [-0.2, 0) is 11.3 Å². The second-order valence-corrected chi connectivity index (χ2v) is 10.2. The molecule has 196 valence electrons. The predicted octanol–water partition coefficient (Wildman–Crippen LogP) is 4.73. The molecular weight excluding hydrogens is 480 g/mol. The number of ether oxygens (including phenoxy) is 2. The number of nitrogens with zero attached hydrogens (tertiary/aromatic N) is 4. The van der Waals surface area contributed by atoms with Crippen molar-refractivity contribution in [3.05, 3.63) is 72.7 Å². The lowest BCUT2D eigenvalue weighted by molar-refractivity contribution is -0.00181. The molecule has 0 spiro atoms. The number of nitrogen functional groups attached to an aromatic ring is 1. The van der Waals surface area contributed by atoms with E-state index < -0.39 is 6.09 Å². The summed E-state index contributed by atoms with van der Waals surface area (Å²) in [5, 5.41) is 0.866. The summed E-state index contributed by atoms with van der Waals surface area (Å²) in [4.78, 5) is 22.4. The zero-order valence-corrected chi connectivity index (χ0v) is 21.2. The van der Waals surface area contributed by atoms with Gasteiger partial charge in [-0.25, -0.2) is 14.8 Å². The van der Waals surface area contributed by atoms with Gasteiger partial charge >= 0.3 is 6.09 Å². The Kier molecular flexibility index (Phi) is 6.59. The summed E-state index contributed by atoms with van der Waals surface area (Å²) >= 11 is 0. The molecule has 9 heteroatoms. The zero-order valence-electron chi connectivity index (χ0n) is 21.2. The van der Waals surface area contributed by atoms with Crippen LogP contribution < -0.4 is 16.2 Å². The van der Waals surface area contributed by atoms with Crippen LogP contribution in [-0.4, -0.2) is 44.8 Å². The molecule has 4 aromatic rings. The summed E-state index contributed by atoms with van der Waals surface area (Å²) in [5.74, 6) is 1.79. The summed E-state index contributed by atoms with van der Waals surface area (Å²) in [7, 11) is 0. The number of amides is 1. The number of carbonyl (C=O) groups excluding carboxylic acids is 1. The third kappa shape index (κ3) is 4.89. The number of rotatable bonds is 8. The van der Waals surface area contributed by atoms with E-state index in [0.29, 0.717) is 24.4 Å². The molecule has 9 nitrogen and oxygen atoms in total. The number of carbonyl (C=O) groups is 1. The molecule has 4 N–H and O–H groups in total. The molecule has 1 saturated heterocycles. The zero-order chi connectivity index (χ0) is 26.1. The van der Waals surface area contributed by atoms with Gasteiger partial charge in [0.15, 0.2) is 6.23 Å². The van der Waals surface area contributed by atoms with Crippen LogP contribution in [0.3, 0.4) is 0 Å². The molecule has 1 amide bonds. The number of hydrogen-bond donors (Lipinski definition) is 2. The normalized spacial score (nSPS) is 21.3.